The van der Waals surface area contributed by atoms with Crippen LogP contribution in [0.3, 0.4) is 0 Å². The minimum Gasteiger partial charge on any atom is -0.872 e. The second kappa shape index (κ2) is 10.6. The van der Waals surface area contributed by atoms with Crippen molar-refractivity contribution in [1.82, 2.24) is 4.90 Å². The molecule has 0 spiro atoms. The molecular formula is C26H29ClN2O5. The van der Waals surface area contributed by atoms with Crippen LogP contribution in [0.15, 0.2) is 48.0 Å². The molecule has 1 N–H and O–H groups in total. The molecule has 7 nitrogen and oxygen atoms in total. The molecule has 34 heavy (non-hydrogen) atoms. The number of hydrogen-bond donors (Lipinski definition) is 1. The number of ether oxygens (including phenoxy) is 2. The standard InChI is InChI=1S/C26H29ClN2O5/c1-17-16-20(33-2)8-9-21(17)24(30)22-23(18-4-6-19(27)7-5-18)29(26(32)25(22)31)11-3-10-28-12-14-34-15-13-28/h4-9,16,23,30H,3,10-15H2,1-2H3. The number of amides is 1. The lowest BCUT2D eigenvalue weighted by Gasteiger charge is -2.29. The molecule has 8 heteroatoms. The van der Waals surface area contributed by atoms with E-state index in [9.17, 15) is 14.7 Å². The third-order valence-electron chi connectivity index (χ3n) is 6.52. The van der Waals surface area contributed by atoms with Crippen LogP contribution in [0.4, 0.5) is 0 Å². The van der Waals surface area contributed by atoms with Gasteiger partial charge in [-0.25, -0.2) is 0 Å². The predicted molar refractivity (Wildman–Crippen MR) is 127 cm³/mol. The second-order valence-corrected chi connectivity index (χ2v) is 9.11. The van der Waals surface area contributed by atoms with Gasteiger partial charge in [-0.3, -0.25) is 9.59 Å². The van der Waals surface area contributed by atoms with E-state index in [2.05, 4.69) is 0 Å². The number of likely N-dealkylation sites (tertiary alicyclic amines) is 1. The molecular weight excluding hydrogens is 456 g/mol. The highest BCUT2D eigenvalue weighted by molar-refractivity contribution is 6.46. The van der Waals surface area contributed by atoms with Crippen LogP contribution in [0.2, 0.25) is 5.02 Å². The number of ketones is 1. The monoisotopic (exact) mass is 484 g/mol. The van der Waals surface area contributed by atoms with E-state index >= 15 is 0 Å². The molecule has 1 amide bonds. The van der Waals surface area contributed by atoms with Crippen molar-refractivity contribution in [3.63, 3.8) is 0 Å². The SMILES string of the molecule is COc1ccc(C([O-])=C2C(=O)C(=O)N(CCC[NH+]3CCOCC3)C2c2ccc(Cl)cc2)c(C)c1. The molecule has 4 rings (SSSR count). The number of morpholine rings is 1. The number of nitrogens with zero attached hydrogens (tertiary/aromatic N) is 1. The molecule has 2 aromatic carbocycles. The molecule has 1 unspecified atom stereocenters. The molecule has 2 fully saturated rings. The highest BCUT2D eigenvalue weighted by atomic mass is 35.5. The summed E-state index contributed by atoms with van der Waals surface area (Å²) >= 11 is 6.08. The summed E-state index contributed by atoms with van der Waals surface area (Å²) in [7, 11) is 1.55. The maximum absolute atomic E-state index is 13.6. The Labute approximate surface area is 204 Å². The number of Topliss-reactive ketones (excluding diaryl/α,β-unsaturated/α-hetero) is 1. The van der Waals surface area contributed by atoms with E-state index in [4.69, 9.17) is 21.1 Å². The molecule has 0 radical (unpaired) electrons. The number of hydrogen-bond acceptors (Lipinski definition) is 5. The first-order valence-corrected chi connectivity index (χ1v) is 11.9. The largest absolute Gasteiger partial charge is 0.872 e. The minimum absolute atomic E-state index is 0.0145. The smallest absolute Gasteiger partial charge is 0.295 e. The summed E-state index contributed by atoms with van der Waals surface area (Å²) in [6.45, 7) is 6.38. The molecule has 2 aliphatic heterocycles. The van der Waals surface area contributed by atoms with Gasteiger partial charge < -0.3 is 24.4 Å². The Kier molecular flexibility index (Phi) is 7.56. The quantitative estimate of drug-likeness (QED) is 0.362. The number of aryl methyl sites for hydroxylation is 1. The number of carbonyl (C=O) groups excluding carboxylic acids is 2. The van der Waals surface area contributed by atoms with E-state index in [1.165, 1.54) is 9.80 Å². The molecule has 2 aromatic rings. The van der Waals surface area contributed by atoms with Gasteiger partial charge >= 0.3 is 0 Å². The molecule has 0 bridgehead atoms. The van der Waals surface area contributed by atoms with Gasteiger partial charge in [0.25, 0.3) is 5.91 Å². The van der Waals surface area contributed by atoms with Crippen molar-refractivity contribution in [2.45, 2.75) is 19.4 Å². The van der Waals surface area contributed by atoms with Gasteiger partial charge in [0.1, 0.15) is 18.8 Å². The van der Waals surface area contributed by atoms with E-state index in [0.717, 1.165) is 39.3 Å². The van der Waals surface area contributed by atoms with E-state index in [-0.39, 0.29) is 5.57 Å². The summed E-state index contributed by atoms with van der Waals surface area (Å²) in [6, 6.07) is 11.3. The van der Waals surface area contributed by atoms with Crippen molar-refractivity contribution in [3.05, 3.63) is 69.8 Å². The lowest BCUT2D eigenvalue weighted by atomic mass is 9.94. The summed E-state index contributed by atoms with van der Waals surface area (Å²) in [4.78, 5) is 29.2. The predicted octanol–water partition coefficient (Wildman–Crippen LogP) is 1.19. The fourth-order valence-electron chi connectivity index (χ4n) is 4.66. The van der Waals surface area contributed by atoms with Crippen LogP contribution in [0.25, 0.3) is 5.76 Å². The first kappa shape index (κ1) is 24.3. The topological polar surface area (TPSA) is 83.3 Å². The zero-order valence-corrected chi connectivity index (χ0v) is 20.2. The Bertz CT molecular complexity index is 1090. The van der Waals surface area contributed by atoms with Crippen molar-refractivity contribution >= 4 is 29.1 Å². The van der Waals surface area contributed by atoms with Crippen LogP contribution in [-0.4, -0.2) is 63.1 Å². The van der Waals surface area contributed by atoms with Crippen molar-refractivity contribution in [2.24, 2.45) is 0 Å². The van der Waals surface area contributed by atoms with Crippen LogP contribution in [0.5, 0.6) is 5.75 Å². The summed E-state index contributed by atoms with van der Waals surface area (Å²) in [5.41, 5.74) is 1.74. The summed E-state index contributed by atoms with van der Waals surface area (Å²) in [5, 5.41) is 14.2. The zero-order chi connectivity index (χ0) is 24.2. The van der Waals surface area contributed by atoms with Crippen LogP contribution in [0.1, 0.15) is 29.2 Å². The number of halogens is 1. The first-order chi connectivity index (χ1) is 16.4. The number of quaternary nitrogens is 1. The average Bonchev–Trinajstić information content (AvgIpc) is 3.09. The van der Waals surface area contributed by atoms with Gasteiger partial charge in [-0.05, 0) is 47.9 Å². The number of carbonyl (C=O) groups is 2. The highest BCUT2D eigenvalue weighted by Gasteiger charge is 2.44. The fraction of sp³-hybridized carbons (Fsp3) is 0.385. The van der Waals surface area contributed by atoms with Gasteiger partial charge in [0, 0.05) is 23.6 Å². The van der Waals surface area contributed by atoms with Gasteiger partial charge in [0.2, 0.25) is 5.78 Å². The normalized spacial score (nSPS) is 20.7. The molecule has 2 saturated heterocycles. The Balaban J connectivity index is 1.69. The third kappa shape index (κ3) is 4.97. The van der Waals surface area contributed by atoms with E-state index in [1.807, 2.05) is 0 Å². The van der Waals surface area contributed by atoms with Gasteiger partial charge in [0.05, 0.1) is 32.9 Å². The molecule has 0 saturated carbocycles. The van der Waals surface area contributed by atoms with Crippen LogP contribution < -0.4 is 14.7 Å². The maximum Gasteiger partial charge on any atom is 0.295 e. The second-order valence-electron chi connectivity index (χ2n) is 8.67. The lowest BCUT2D eigenvalue weighted by Crippen LogP contribution is -3.14. The fourth-order valence-corrected chi connectivity index (χ4v) is 4.79. The Morgan fingerprint density at radius 1 is 1.18 bits per heavy atom. The van der Waals surface area contributed by atoms with E-state index < -0.39 is 23.5 Å². The van der Waals surface area contributed by atoms with Gasteiger partial charge in [-0.1, -0.05) is 35.6 Å². The van der Waals surface area contributed by atoms with Gasteiger partial charge in [-0.2, -0.15) is 0 Å². The molecule has 180 valence electrons. The number of rotatable bonds is 7. The first-order valence-electron chi connectivity index (χ1n) is 11.5. The van der Waals surface area contributed by atoms with Crippen LogP contribution in [0, 0.1) is 6.92 Å². The Morgan fingerprint density at radius 3 is 2.53 bits per heavy atom. The van der Waals surface area contributed by atoms with Crippen LogP contribution >= 0.6 is 11.6 Å². The van der Waals surface area contributed by atoms with Gasteiger partial charge in [0.15, 0.2) is 0 Å². The minimum atomic E-state index is -0.744. The molecule has 0 aromatic heterocycles. The van der Waals surface area contributed by atoms with E-state index in [0.29, 0.717) is 34.0 Å². The van der Waals surface area contributed by atoms with E-state index in [1.54, 1.807) is 56.5 Å². The van der Waals surface area contributed by atoms with Crippen LogP contribution in [-0.2, 0) is 14.3 Å². The molecule has 1 atom stereocenters. The lowest BCUT2D eigenvalue weighted by molar-refractivity contribution is -0.908. The molecule has 2 aliphatic rings. The maximum atomic E-state index is 13.6. The summed E-state index contributed by atoms with van der Waals surface area (Å²) in [6.07, 6.45) is 0.724. The van der Waals surface area contributed by atoms with Gasteiger partial charge in [-0.15, -0.1) is 0 Å². The van der Waals surface area contributed by atoms with Crippen molar-refractivity contribution < 1.29 is 29.1 Å². The summed E-state index contributed by atoms with van der Waals surface area (Å²) < 4.78 is 10.6. The number of nitrogens with one attached hydrogen (secondary N) is 1. The zero-order valence-electron chi connectivity index (χ0n) is 19.4. The number of benzene rings is 2. The van der Waals surface area contributed by atoms with Crippen molar-refractivity contribution in [2.75, 3.05) is 46.5 Å². The number of methoxy groups -OCH3 is 1. The Hall–Kier alpha value is -2.87. The highest BCUT2D eigenvalue weighted by Crippen LogP contribution is 2.39. The summed E-state index contributed by atoms with van der Waals surface area (Å²) in [5.74, 6) is -1.18. The average molecular weight is 485 g/mol. The van der Waals surface area contributed by atoms with Crippen molar-refractivity contribution in [3.8, 4) is 5.75 Å². The molecule has 2 heterocycles. The Morgan fingerprint density at radius 2 is 1.88 bits per heavy atom. The molecule has 0 aliphatic carbocycles. The third-order valence-corrected chi connectivity index (χ3v) is 6.77. The van der Waals surface area contributed by atoms with Crippen molar-refractivity contribution in [1.29, 1.82) is 0 Å².